The van der Waals surface area contributed by atoms with Crippen molar-refractivity contribution in [1.29, 1.82) is 0 Å². The fraction of sp³-hybridized carbons (Fsp3) is 0.250. The van der Waals surface area contributed by atoms with Crippen LogP contribution in [-0.4, -0.2) is 0 Å². The molecular formula is C8H8Cl2FN. The Kier molecular flexibility index (Phi) is 2.94. The van der Waals surface area contributed by atoms with Crippen LogP contribution in [0.5, 0.6) is 0 Å². The molecule has 1 aromatic rings. The highest BCUT2D eigenvalue weighted by molar-refractivity contribution is 6.33. The van der Waals surface area contributed by atoms with E-state index in [-0.39, 0.29) is 10.6 Å². The summed E-state index contributed by atoms with van der Waals surface area (Å²) in [5.74, 6) is -0.529. The summed E-state index contributed by atoms with van der Waals surface area (Å²) in [5.41, 5.74) is 5.77. The Morgan fingerprint density at radius 3 is 2.25 bits per heavy atom. The molecule has 2 N–H and O–H groups in total. The molecule has 0 aliphatic rings. The van der Waals surface area contributed by atoms with Gasteiger partial charge in [0, 0.05) is 16.6 Å². The van der Waals surface area contributed by atoms with Gasteiger partial charge in [0.15, 0.2) is 0 Å². The fourth-order valence-electron chi connectivity index (χ4n) is 0.960. The average molecular weight is 208 g/mol. The minimum Gasteiger partial charge on any atom is -0.324 e. The molecule has 1 nitrogen and oxygen atoms in total. The zero-order valence-corrected chi connectivity index (χ0v) is 7.96. The van der Waals surface area contributed by atoms with Gasteiger partial charge in [-0.25, -0.2) is 4.39 Å². The number of rotatable bonds is 1. The predicted octanol–water partition coefficient (Wildman–Crippen LogP) is 3.15. The Morgan fingerprint density at radius 2 is 1.83 bits per heavy atom. The topological polar surface area (TPSA) is 26.0 Å². The van der Waals surface area contributed by atoms with E-state index in [0.717, 1.165) is 0 Å². The average Bonchev–Trinajstić information content (AvgIpc) is 1.97. The number of hydrogen-bond acceptors (Lipinski definition) is 1. The molecule has 66 valence electrons. The van der Waals surface area contributed by atoms with Crippen LogP contribution in [0.4, 0.5) is 4.39 Å². The number of benzene rings is 1. The second-order valence-corrected chi connectivity index (χ2v) is 3.36. The van der Waals surface area contributed by atoms with E-state index in [2.05, 4.69) is 0 Å². The molecule has 1 atom stereocenters. The number of nitrogens with two attached hydrogens (primary N) is 1. The zero-order chi connectivity index (χ0) is 9.30. The molecule has 0 bridgehead atoms. The smallest absolute Gasteiger partial charge is 0.148 e. The Bertz CT molecular complexity index is 299. The van der Waals surface area contributed by atoms with Crippen LogP contribution >= 0.6 is 23.2 Å². The highest BCUT2D eigenvalue weighted by Crippen LogP contribution is 2.28. The van der Waals surface area contributed by atoms with Crippen molar-refractivity contribution in [2.75, 3.05) is 0 Å². The maximum Gasteiger partial charge on any atom is 0.148 e. The lowest BCUT2D eigenvalue weighted by atomic mass is 10.1. The van der Waals surface area contributed by atoms with Crippen molar-refractivity contribution in [3.63, 3.8) is 0 Å². The third kappa shape index (κ3) is 1.71. The van der Waals surface area contributed by atoms with Crippen molar-refractivity contribution in [3.8, 4) is 0 Å². The van der Waals surface area contributed by atoms with Crippen molar-refractivity contribution in [1.82, 2.24) is 0 Å². The molecule has 0 spiro atoms. The molecule has 1 aromatic carbocycles. The molecule has 12 heavy (non-hydrogen) atoms. The summed E-state index contributed by atoms with van der Waals surface area (Å²) in [6, 6.07) is 2.49. The van der Waals surface area contributed by atoms with Gasteiger partial charge in [0.1, 0.15) is 5.82 Å². The van der Waals surface area contributed by atoms with E-state index in [1.807, 2.05) is 0 Å². The van der Waals surface area contributed by atoms with Crippen molar-refractivity contribution in [2.24, 2.45) is 5.73 Å². The molecule has 0 saturated carbocycles. The van der Waals surface area contributed by atoms with Crippen molar-refractivity contribution in [3.05, 3.63) is 33.6 Å². The normalized spacial score (nSPS) is 13.1. The Morgan fingerprint density at radius 1 is 1.33 bits per heavy atom. The summed E-state index contributed by atoms with van der Waals surface area (Å²) in [5, 5.41) is 0.360. The van der Waals surface area contributed by atoms with E-state index in [0.29, 0.717) is 5.02 Å². The molecule has 0 fully saturated rings. The van der Waals surface area contributed by atoms with Gasteiger partial charge in [0.2, 0.25) is 0 Å². The largest absolute Gasteiger partial charge is 0.324 e. The monoisotopic (exact) mass is 207 g/mol. The van der Waals surface area contributed by atoms with Crippen LogP contribution in [0.1, 0.15) is 18.5 Å². The zero-order valence-electron chi connectivity index (χ0n) is 6.44. The number of hydrogen-bond donors (Lipinski definition) is 1. The molecule has 0 amide bonds. The van der Waals surface area contributed by atoms with Crippen molar-refractivity contribution >= 4 is 23.2 Å². The Balaban J connectivity index is 3.33. The molecule has 0 radical (unpaired) electrons. The molecule has 0 aromatic heterocycles. The summed E-state index contributed by atoms with van der Waals surface area (Å²) in [6.07, 6.45) is 0. The van der Waals surface area contributed by atoms with E-state index in [9.17, 15) is 4.39 Å². The summed E-state index contributed by atoms with van der Waals surface area (Å²) >= 11 is 11.3. The van der Waals surface area contributed by atoms with Gasteiger partial charge in [0.25, 0.3) is 0 Å². The van der Waals surface area contributed by atoms with Crippen LogP contribution < -0.4 is 5.73 Å². The van der Waals surface area contributed by atoms with E-state index >= 15 is 0 Å². The quantitative estimate of drug-likeness (QED) is 0.704. The lowest BCUT2D eigenvalue weighted by Crippen LogP contribution is -2.08. The fourth-order valence-corrected chi connectivity index (χ4v) is 1.44. The lowest BCUT2D eigenvalue weighted by Gasteiger charge is -2.09. The first-order valence-electron chi connectivity index (χ1n) is 3.43. The predicted molar refractivity (Wildman–Crippen MR) is 49.0 cm³/mol. The van der Waals surface area contributed by atoms with E-state index in [1.54, 1.807) is 6.92 Å². The minimum absolute atomic E-state index is 0.0479. The van der Waals surface area contributed by atoms with Gasteiger partial charge in [-0.1, -0.05) is 23.2 Å². The first kappa shape index (κ1) is 9.78. The molecule has 0 aliphatic carbocycles. The molecule has 4 heteroatoms. The molecular weight excluding hydrogens is 200 g/mol. The van der Waals surface area contributed by atoms with Crippen molar-refractivity contribution in [2.45, 2.75) is 13.0 Å². The first-order chi connectivity index (χ1) is 5.54. The summed E-state index contributed by atoms with van der Waals surface area (Å²) in [7, 11) is 0. The molecule has 0 aliphatic heterocycles. The second-order valence-electron chi connectivity index (χ2n) is 2.55. The van der Waals surface area contributed by atoms with Gasteiger partial charge in [-0.3, -0.25) is 0 Å². The van der Waals surface area contributed by atoms with Gasteiger partial charge >= 0.3 is 0 Å². The molecule has 1 rings (SSSR count). The summed E-state index contributed by atoms with van der Waals surface area (Å²) in [4.78, 5) is 0. The van der Waals surface area contributed by atoms with E-state index in [1.165, 1.54) is 12.1 Å². The third-order valence-electron chi connectivity index (χ3n) is 1.53. The van der Waals surface area contributed by atoms with Crippen LogP contribution in [0, 0.1) is 5.82 Å². The van der Waals surface area contributed by atoms with Crippen LogP contribution in [-0.2, 0) is 0 Å². The molecule has 0 heterocycles. The van der Waals surface area contributed by atoms with Crippen molar-refractivity contribution < 1.29 is 4.39 Å². The third-order valence-corrected chi connectivity index (χ3v) is 2.16. The highest BCUT2D eigenvalue weighted by atomic mass is 35.5. The standard InChI is InChI=1S/C8H8Cl2FN/c1-4(12)7-5(9)2-3-6(10)8(7)11/h2-4H,12H2,1H3/t4-/m1/s1. The summed E-state index contributed by atoms with van der Waals surface area (Å²) in [6.45, 7) is 1.65. The minimum atomic E-state index is -0.529. The van der Waals surface area contributed by atoms with E-state index in [4.69, 9.17) is 28.9 Å². The maximum absolute atomic E-state index is 13.2. The van der Waals surface area contributed by atoms with Crippen LogP contribution in [0.15, 0.2) is 12.1 Å². The molecule has 0 unspecified atom stereocenters. The van der Waals surface area contributed by atoms with Gasteiger partial charge in [0.05, 0.1) is 5.02 Å². The number of halogens is 3. The van der Waals surface area contributed by atoms with Gasteiger partial charge in [-0.15, -0.1) is 0 Å². The lowest BCUT2D eigenvalue weighted by molar-refractivity contribution is 0.594. The highest BCUT2D eigenvalue weighted by Gasteiger charge is 2.13. The van der Waals surface area contributed by atoms with Crippen LogP contribution in [0.25, 0.3) is 0 Å². The Hall–Kier alpha value is -0.310. The van der Waals surface area contributed by atoms with Gasteiger partial charge < -0.3 is 5.73 Å². The Labute approximate surface area is 80.3 Å². The maximum atomic E-state index is 13.2. The van der Waals surface area contributed by atoms with Gasteiger partial charge in [-0.05, 0) is 19.1 Å². The summed E-state index contributed by atoms with van der Waals surface area (Å²) < 4.78 is 13.2. The second kappa shape index (κ2) is 3.60. The first-order valence-corrected chi connectivity index (χ1v) is 4.18. The molecule has 0 saturated heterocycles. The van der Waals surface area contributed by atoms with E-state index < -0.39 is 11.9 Å². The van der Waals surface area contributed by atoms with Crippen LogP contribution in [0.3, 0.4) is 0 Å². The van der Waals surface area contributed by atoms with Gasteiger partial charge in [-0.2, -0.15) is 0 Å². The van der Waals surface area contributed by atoms with Crippen LogP contribution in [0.2, 0.25) is 10.0 Å². The SMILES string of the molecule is C[C@@H](N)c1c(Cl)ccc(Cl)c1F.